The van der Waals surface area contributed by atoms with E-state index in [1.807, 2.05) is 39.0 Å². The quantitative estimate of drug-likeness (QED) is 0.637. The van der Waals surface area contributed by atoms with Crippen LogP contribution in [0, 0.1) is 0 Å². The molecular formula is C22H30N4O3S2. The number of amides is 1. The van der Waals surface area contributed by atoms with Crippen molar-refractivity contribution in [2.45, 2.75) is 42.8 Å². The van der Waals surface area contributed by atoms with Crippen LogP contribution in [0.5, 0.6) is 0 Å². The fraction of sp³-hybridized carbons (Fsp3) is 0.455. The minimum Gasteiger partial charge on any atom is -0.351 e. The molecule has 9 heteroatoms. The fourth-order valence-electron chi connectivity index (χ4n) is 3.32. The van der Waals surface area contributed by atoms with Gasteiger partial charge in [-0.05, 0) is 38.5 Å². The van der Waals surface area contributed by atoms with Gasteiger partial charge in [0.1, 0.15) is 4.90 Å². The standard InChI is InChI=1S/C22H30N4O3S2/c1-22(2,3)24-20(27)17-30-21-10-9-19(15-23-21)31(28,29)26-13-11-25(12-14-26)16-18-7-5-4-6-8-18/h4-10,15H,11-14,16-17H2,1-3H3,(H,24,27). The van der Waals surface area contributed by atoms with E-state index in [1.165, 1.54) is 27.8 Å². The summed E-state index contributed by atoms with van der Waals surface area (Å²) in [5.41, 5.74) is 0.945. The highest BCUT2D eigenvalue weighted by atomic mass is 32.2. The summed E-state index contributed by atoms with van der Waals surface area (Å²) >= 11 is 1.29. The van der Waals surface area contributed by atoms with E-state index < -0.39 is 10.0 Å². The number of benzene rings is 1. The number of nitrogens with zero attached hydrogens (tertiary/aromatic N) is 3. The highest BCUT2D eigenvalue weighted by Crippen LogP contribution is 2.21. The van der Waals surface area contributed by atoms with E-state index in [2.05, 4.69) is 27.3 Å². The lowest BCUT2D eigenvalue weighted by Crippen LogP contribution is -2.48. The van der Waals surface area contributed by atoms with E-state index in [9.17, 15) is 13.2 Å². The third kappa shape index (κ3) is 7.03. The molecule has 0 aliphatic carbocycles. The maximum Gasteiger partial charge on any atom is 0.244 e. The second-order valence-electron chi connectivity index (χ2n) is 8.58. The van der Waals surface area contributed by atoms with Gasteiger partial charge in [0.15, 0.2) is 0 Å². The zero-order chi connectivity index (χ0) is 22.5. The highest BCUT2D eigenvalue weighted by molar-refractivity contribution is 7.99. The number of aromatic nitrogens is 1. The van der Waals surface area contributed by atoms with Gasteiger partial charge in [-0.2, -0.15) is 4.31 Å². The summed E-state index contributed by atoms with van der Waals surface area (Å²) in [7, 11) is -3.57. The van der Waals surface area contributed by atoms with E-state index >= 15 is 0 Å². The molecule has 1 saturated heterocycles. The molecule has 31 heavy (non-hydrogen) atoms. The molecule has 1 fully saturated rings. The number of pyridine rings is 1. The Bertz CT molecular complexity index is 966. The Morgan fingerprint density at radius 2 is 1.74 bits per heavy atom. The molecule has 1 aliphatic rings. The predicted molar refractivity (Wildman–Crippen MR) is 123 cm³/mol. The summed E-state index contributed by atoms with van der Waals surface area (Å²) in [4.78, 5) is 18.6. The summed E-state index contributed by atoms with van der Waals surface area (Å²) in [6.07, 6.45) is 1.38. The number of thioether (sulfide) groups is 1. The average Bonchev–Trinajstić information content (AvgIpc) is 2.72. The summed E-state index contributed by atoms with van der Waals surface area (Å²) in [5, 5.41) is 3.51. The van der Waals surface area contributed by atoms with E-state index in [-0.39, 0.29) is 22.1 Å². The second kappa shape index (κ2) is 10.1. The van der Waals surface area contributed by atoms with Crippen molar-refractivity contribution in [1.29, 1.82) is 0 Å². The van der Waals surface area contributed by atoms with E-state index in [4.69, 9.17) is 0 Å². The second-order valence-corrected chi connectivity index (χ2v) is 11.5. The number of rotatable bonds is 7. The molecule has 3 rings (SSSR count). The minimum absolute atomic E-state index is 0.0793. The SMILES string of the molecule is CC(C)(C)NC(=O)CSc1ccc(S(=O)(=O)N2CCN(Cc3ccccc3)CC2)cn1. The van der Waals surface area contributed by atoms with Gasteiger partial charge in [0.25, 0.3) is 0 Å². The van der Waals surface area contributed by atoms with Gasteiger partial charge in [-0.15, -0.1) is 0 Å². The molecule has 168 valence electrons. The highest BCUT2D eigenvalue weighted by Gasteiger charge is 2.28. The van der Waals surface area contributed by atoms with Crippen molar-refractivity contribution < 1.29 is 13.2 Å². The van der Waals surface area contributed by atoms with Crippen LogP contribution in [0.1, 0.15) is 26.3 Å². The zero-order valence-corrected chi connectivity index (χ0v) is 19.9. The largest absolute Gasteiger partial charge is 0.351 e. The summed E-state index contributed by atoms with van der Waals surface area (Å²) in [6, 6.07) is 13.4. The van der Waals surface area contributed by atoms with Gasteiger partial charge in [0, 0.05) is 44.5 Å². The molecule has 1 aliphatic heterocycles. The molecule has 1 amide bonds. The smallest absolute Gasteiger partial charge is 0.244 e. The molecule has 0 unspecified atom stereocenters. The predicted octanol–water partition coefficient (Wildman–Crippen LogP) is 2.59. The Balaban J connectivity index is 1.53. The normalized spacial score (nSPS) is 16.2. The van der Waals surface area contributed by atoms with Crippen molar-refractivity contribution in [2.75, 3.05) is 31.9 Å². The molecular weight excluding hydrogens is 432 g/mol. The third-order valence-electron chi connectivity index (χ3n) is 4.79. The minimum atomic E-state index is -3.57. The van der Waals surface area contributed by atoms with Crippen LogP contribution in [0.15, 0.2) is 58.6 Å². The van der Waals surface area contributed by atoms with Crippen molar-refractivity contribution >= 4 is 27.7 Å². The first-order valence-electron chi connectivity index (χ1n) is 10.3. The lowest BCUT2D eigenvalue weighted by molar-refractivity contribution is -0.119. The van der Waals surface area contributed by atoms with Crippen LogP contribution >= 0.6 is 11.8 Å². The molecule has 1 aromatic heterocycles. The number of piperazine rings is 1. The number of nitrogens with one attached hydrogen (secondary N) is 1. The number of carbonyl (C=O) groups is 1. The maximum absolute atomic E-state index is 13.0. The zero-order valence-electron chi connectivity index (χ0n) is 18.2. The van der Waals surface area contributed by atoms with Gasteiger partial charge < -0.3 is 5.32 Å². The molecule has 2 aromatic rings. The van der Waals surface area contributed by atoms with Gasteiger partial charge in [-0.25, -0.2) is 13.4 Å². The Morgan fingerprint density at radius 1 is 1.06 bits per heavy atom. The number of carbonyl (C=O) groups excluding carboxylic acids is 1. The Hall–Kier alpha value is -1.94. The molecule has 0 saturated carbocycles. The van der Waals surface area contributed by atoms with Gasteiger partial charge in [-0.3, -0.25) is 9.69 Å². The van der Waals surface area contributed by atoms with Crippen molar-refractivity contribution in [3.8, 4) is 0 Å². The molecule has 7 nitrogen and oxygen atoms in total. The van der Waals surface area contributed by atoms with Gasteiger partial charge in [0.2, 0.25) is 15.9 Å². The maximum atomic E-state index is 13.0. The van der Waals surface area contributed by atoms with Crippen LogP contribution < -0.4 is 5.32 Å². The lowest BCUT2D eigenvalue weighted by atomic mass is 10.1. The van der Waals surface area contributed by atoms with Crippen molar-refractivity contribution in [3.63, 3.8) is 0 Å². The van der Waals surface area contributed by atoms with Gasteiger partial charge in [-0.1, -0.05) is 42.1 Å². The lowest BCUT2D eigenvalue weighted by Gasteiger charge is -2.33. The molecule has 0 radical (unpaired) electrons. The molecule has 0 spiro atoms. The first-order valence-corrected chi connectivity index (χ1v) is 12.7. The Morgan fingerprint density at radius 3 is 2.32 bits per heavy atom. The van der Waals surface area contributed by atoms with Crippen LogP contribution in [0.3, 0.4) is 0 Å². The number of sulfonamides is 1. The Labute approximate surface area is 189 Å². The first-order chi connectivity index (χ1) is 14.6. The molecule has 1 N–H and O–H groups in total. The number of hydrogen-bond acceptors (Lipinski definition) is 6. The van der Waals surface area contributed by atoms with Crippen LogP contribution in [-0.4, -0.2) is 66.0 Å². The van der Waals surface area contributed by atoms with Crippen molar-refractivity contribution in [1.82, 2.24) is 19.5 Å². The molecule has 1 aromatic carbocycles. The van der Waals surface area contributed by atoms with Crippen LogP contribution in [0.4, 0.5) is 0 Å². The van der Waals surface area contributed by atoms with Gasteiger partial charge >= 0.3 is 0 Å². The first kappa shape index (κ1) is 23.7. The van der Waals surface area contributed by atoms with E-state index in [0.29, 0.717) is 31.2 Å². The Kier molecular flexibility index (Phi) is 7.74. The number of hydrogen-bond donors (Lipinski definition) is 1. The monoisotopic (exact) mass is 462 g/mol. The van der Waals surface area contributed by atoms with Crippen LogP contribution in [-0.2, 0) is 21.4 Å². The molecule has 2 heterocycles. The molecule has 0 atom stereocenters. The summed E-state index contributed by atoms with van der Waals surface area (Å²) in [5.74, 6) is 0.157. The molecule has 0 bridgehead atoms. The summed E-state index contributed by atoms with van der Waals surface area (Å²) in [6.45, 7) is 8.90. The third-order valence-corrected chi connectivity index (χ3v) is 7.62. The van der Waals surface area contributed by atoms with E-state index in [0.717, 1.165) is 6.54 Å². The summed E-state index contributed by atoms with van der Waals surface area (Å²) < 4.78 is 27.5. The van der Waals surface area contributed by atoms with Crippen LogP contribution in [0.25, 0.3) is 0 Å². The average molecular weight is 463 g/mol. The fourth-order valence-corrected chi connectivity index (χ4v) is 5.33. The van der Waals surface area contributed by atoms with Crippen molar-refractivity contribution in [3.05, 3.63) is 54.2 Å². The van der Waals surface area contributed by atoms with Gasteiger partial charge in [0.05, 0.1) is 10.8 Å². The van der Waals surface area contributed by atoms with Crippen molar-refractivity contribution in [2.24, 2.45) is 0 Å². The topological polar surface area (TPSA) is 82.6 Å². The van der Waals surface area contributed by atoms with Crippen LogP contribution in [0.2, 0.25) is 0 Å². The van der Waals surface area contributed by atoms with E-state index in [1.54, 1.807) is 12.1 Å².